The maximum absolute atomic E-state index is 5.70. The average molecular weight is 352 g/mol. The third kappa shape index (κ3) is 3.69. The summed E-state index contributed by atoms with van der Waals surface area (Å²) in [7, 11) is 1.96. The molecule has 0 spiro atoms. The molecule has 0 saturated carbocycles. The number of hydrogen-bond donors (Lipinski definition) is 1. The van der Waals surface area contributed by atoms with Crippen LogP contribution in [0.5, 0.6) is 5.75 Å². The lowest BCUT2D eigenvalue weighted by molar-refractivity contribution is 0.315. The normalized spacial score (nSPS) is 12.4. The van der Waals surface area contributed by atoms with Crippen molar-refractivity contribution >= 4 is 15.9 Å². The van der Waals surface area contributed by atoms with E-state index in [1.807, 2.05) is 19.2 Å². The van der Waals surface area contributed by atoms with Gasteiger partial charge in [0.2, 0.25) is 0 Å². The Kier molecular flexibility index (Phi) is 5.88. The quantitative estimate of drug-likeness (QED) is 0.784. The fraction of sp³-hybridized carbons (Fsp3) is 0.412. The summed E-state index contributed by atoms with van der Waals surface area (Å²) in [6.07, 6.45) is 3.65. The zero-order valence-corrected chi connectivity index (χ0v) is 14.4. The van der Waals surface area contributed by atoms with Gasteiger partial charge >= 0.3 is 0 Å². The molecule has 2 aromatic rings. The maximum atomic E-state index is 5.70. The Bertz CT molecular complexity index is 580. The molecule has 1 heterocycles. The molecule has 21 heavy (non-hydrogen) atoms. The van der Waals surface area contributed by atoms with Crippen molar-refractivity contribution < 1.29 is 9.15 Å². The van der Waals surface area contributed by atoms with Crippen molar-refractivity contribution in [3.8, 4) is 5.75 Å². The fourth-order valence-corrected chi connectivity index (χ4v) is 2.93. The molecule has 0 bridgehead atoms. The van der Waals surface area contributed by atoms with Crippen LogP contribution in [-0.2, 0) is 6.42 Å². The predicted molar refractivity (Wildman–Crippen MR) is 88.9 cm³/mol. The largest absolute Gasteiger partial charge is 0.492 e. The molecular weight excluding hydrogens is 330 g/mol. The van der Waals surface area contributed by atoms with E-state index in [4.69, 9.17) is 9.15 Å². The summed E-state index contributed by atoms with van der Waals surface area (Å²) in [5.74, 6) is 1.91. The summed E-state index contributed by atoms with van der Waals surface area (Å²) in [5, 5.41) is 3.36. The second-order valence-electron chi connectivity index (χ2n) is 4.91. The highest BCUT2D eigenvalue weighted by Crippen LogP contribution is 2.32. The van der Waals surface area contributed by atoms with E-state index in [2.05, 4.69) is 47.2 Å². The third-order valence-corrected chi connectivity index (χ3v) is 4.07. The summed E-state index contributed by atoms with van der Waals surface area (Å²) in [6, 6.07) is 8.39. The van der Waals surface area contributed by atoms with Crippen molar-refractivity contribution in [3.05, 3.63) is 51.9 Å². The fourth-order valence-electron chi connectivity index (χ4n) is 2.42. The number of halogens is 1. The van der Waals surface area contributed by atoms with Crippen molar-refractivity contribution in [3.63, 3.8) is 0 Å². The minimum atomic E-state index is 0.121. The zero-order chi connectivity index (χ0) is 15.2. The van der Waals surface area contributed by atoms with Crippen LogP contribution in [0.15, 0.2) is 39.4 Å². The van der Waals surface area contributed by atoms with Gasteiger partial charge in [0.15, 0.2) is 0 Å². The van der Waals surface area contributed by atoms with Crippen LogP contribution in [0.2, 0.25) is 0 Å². The number of rotatable bonds is 7. The summed E-state index contributed by atoms with van der Waals surface area (Å²) in [5.41, 5.74) is 2.37. The van der Waals surface area contributed by atoms with Crippen molar-refractivity contribution in [2.24, 2.45) is 0 Å². The maximum Gasteiger partial charge on any atom is 0.133 e. The molecule has 0 radical (unpaired) electrons. The molecule has 4 heteroatoms. The SMILES string of the molecule is CCCOc1ccc(C(NC)c2ccoc2CC)cc1Br. The van der Waals surface area contributed by atoms with Gasteiger partial charge in [0, 0.05) is 12.0 Å². The Balaban J connectivity index is 2.29. The minimum Gasteiger partial charge on any atom is -0.492 e. The van der Waals surface area contributed by atoms with E-state index >= 15 is 0 Å². The third-order valence-electron chi connectivity index (χ3n) is 3.45. The summed E-state index contributed by atoms with van der Waals surface area (Å²) in [6.45, 7) is 4.94. The molecule has 0 fully saturated rings. The van der Waals surface area contributed by atoms with Crippen molar-refractivity contribution in [1.82, 2.24) is 5.32 Å². The van der Waals surface area contributed by atoms with Crippen LogP contribution in [-0.4, -0.2) is 13.7 Å². The predicted octanol–water partition coefficient (Wildman–Crippen LogP) is 4.70. The molecule has 2 rings (SSSR count). The smallest absolute Gasteiger partial charge is 0.133 e. The summed E-state index contributed by atoms with van der Waals surface area (Å²) < 4.78 is 12.2. The molecule has 1 N–H and O–H groups in total. The Morgan fingerprint density at radius 1 is 1.29 bits per heavy atom. The van der Waals surface area contributed by atoms with E-state index in [1.54, 1.807) is 6.26 Å². The highest BCUT2D eigenvalue weighted by Gasteiger charge is 2.18. The first-order valence-corrected chi connectivity index (χ1v) is 8.16. The number of nitrogens with one attached hydrogen (secondary N) is 1. The molecule has 1 aromatic carbocycles. The number of hydrogen-bond acceptors (Lipinski definition) is 3. The molecule has 0 aliphatic rings. The lowest BCUT2D eigenvalue weighted by Crippen LogP contribution is -2.18. The molecule has 0 aliphatic heterocycles. The Morgan fingerprint density at radius 2 is 2.10 bits per heavy atom. The topological polar surface area (TPSA) is 34.4 Å². The lowest BCUT2D eigenvalue weighted by atomic mass is 9.98. The average Bonchev–Trinajstić information content (AvgIpc) is 2.95. The van der Waals surface area contributed by atoms with Crippen molar-refractivity contribution in [1.29, 1.82) is 0 Å². The highest BCUT2D eigenvalue weighted by molar-refractivity contribution is 9.10. The van der Waals surface area contributed by atoms with Gasteiger partial charge in [-0.2, -0.15) is 0 Å². The molecule has 3 nitrogen and oxygen atoms in total. The van der Waals surface area contributed by atoms with Gasteiger partial charge in [0.05, 0.1) is 23.4 Å². The monoisotopic (exact) mass is 351 g/mol. The van der Waals surface area contributed by atoms with Gasteiger partial charge in [-0.15, -0.1) is 0 Å². The second-order valence-corrected chi connectivity index (χ2v) is 5.77. The molecule has 0 amide bonds. The van der Waals surface area contributed by atoms with Crippen molar-refractivity contribution in [2.45, 2.75) is 32.7 Å². The van der Waals surface area contributed by atoms with Gasteiger partial charge in [0.1, 0.15) is 11.5 Å². The molecular formula is C17H22BrNO2. The standard InChI is InChI=1S/C17H22BrNO2/c1-4-9-20-16-7-6-12(11-14(16)18)17(19-3)13-8-10-21-15(13)5-2/h6-8,10-11,17,19H,4-5,9H2,1-3H3. The van der Waals surface area contributed by atoms with E-state index in [0.717, 1.165) is 35.4 Å². The van der Waals surface area contributed by atoms with Gasteiger partial charge in [-0.1, -0.05) is 19.9 Å². The first kappa shape index (κ1) is 16.1. The van der Waals surface area contributed by atoms with Crippen LogP contribution < -0.4 is 10.1 Å². The van der Waals surface area contributed by atoms with E-state index in [-0.39, 0.29) is 6.04 Å². The molecule has 0 saturated heterocycles. The van der Waals surface area contributed by atoms with E-state index in [9.17, 15) is 0 Å². The Morgan fingerprint density at radius 3 is 2.71 bits per heavy atom. The second kappa shape index (κ2) is 7.66. The summed E-state index contributed by atoms with van der Waals surface area (Å²) >= 11 is 3.60. The Hall–Kier alpha value is -1.26. The number of ether oxygens (including phenoxy) is 1. The number of benzene rings is 1. The number of furan rings is 1. The molecule has 114 valence electrons. The first-order valence-electron chi connectivity index (χ1n) is 7.37. The van der Waals surface area contributed by atoms with Gasteiger partial charge in [-0.25, -0.2) is 0 Å². The van der Waals surface area contributed by atoms with Crippen LogP contribution in [0, 0.1) is 0 Å². The minimum absolute atomic E-state index is 0.121. The van der Waals surface area contributed by atoms with Crippen LogP contribution in [0.3, 0.4) is 0 Å². The van der Waals surface area contributed by atoms with Gasteiger partial charge < -0.3 is 14.5 Å². The van der Waals surface area contributed by atoms with E-state index < -0.39 is 0 Å². The lowest BCUT2D eigenvalue weighted by Gasteiger charge is -2.18. The van der Waals surface area contributed by atoms with Crippen LogP contribution in [0.4, 0.5) is 0 Å². The molecule has 1 aromatic heterocycles. The zero-order valence-electron chi connectivity index (χ0n) is 12.8. The van der Waals surface area contributed by atoms with Gasteiger partial charge in [-0.05, 0) is 53.2 Å². The highest BCUT2D eigenvalue weighted by atomic mass is 79.9. The number of aryl methyl sites for hydroxylation is 1. The van der Waals surface area contributed by atoms with Crippen LogP contribution in [0.1, 0.15) is 43.2 Å². The molecule has 1 atom stereocenters. The summed E-state index contributed by atoms with van der Waals surface area (Å²) in [4.78, 5) is 0. The van der Waals surface area contributed by atoms with Crippen LogP contribution >= 0.6 is 15.9 Å². The first-order chi connectivity index (χ1) is 10.2. The van der Waals surface area contributed by atoms with Gasteiger partial charge in [-0.3, -0.25) is 0 Å². The van der Waals surface area contributed by atoms with Gasteiger partial charge in [0.25, 0.3) is 0 Å². The van der Waals surface area contributed by atoms with E-state index in [0.29, 0.717) is 0 Å². The molecule has 1 unspecified atom stereocenters. The molecule has 0 aliphatic carbocycles. The van der Waals surface area contributed by atoms with Crippen molar-refractivity contribution in [2.75, 3.05) is 13.7 Å². The van der Waals surface area contributed by atoms with E-state index in [1.165, 1.54) is 11.1 Å². The Labute approximate surface area is 134 Å². The van der Waals surface area contributed by atoms with Crippen LogP contribution in [0.25, 0.3) is 0 Å².